The summed E-state index contributed by atoms with van der Waals surface area (Å²) in [7, 11) is 0. The van der Waals surface area contributed by atoms with Crippen molar-refractivity contribution in [2.24, 2.45) is 0 Å². The Bertz CT molecular complexity index is 1020. The van der Waals surface area contributed by atoms with Crippen LogP contribution < -0.4 is 4.90 Å². The van der Waals surface area contributed by atoms with Crippen LogP contribution in [0.15, 0.2) is 66.7 Å². The Balaban J connectivity index is 1.77. The van der Waals surface area contributed by atoms with Crippen LogP contribution in [-0.4, -0.2) is 23.3 Å². The highest BCUT2D eigenvalue weighted by Gasteiger charge is 2.50. The number of nitrogens with zero attached hydrogens (tertiary/aromatic N) is 1. The van der Waals surface area contributed by atoms with E-state index in [9.17, 15) is 14.7 Å². The van der Waals surface area contributed by atoms with E-state index in [4.69, 9.17) is 0 Å². The summed E-state index contributed by atoms with van der Waals surface area (Å²) < 4.78 is 0. The first-order chi connectivity index (χ1) is 12.6. The van der Waals surface area contributed by atoms with Gasteiger partial charge >= 0.3 is 0 Å². The number of carbonyl (C=O) groups is 2. The molecule has 4 nitrogen and oxygen atoms in total. The van der Waals surface area contributed by atoms with Gasteiger partial charge in [-0.1, -0.05) is 60.7 Å². The van der Waals surface area contributed by atoms with Gasteiger partial charge in [0.25, 0.3) is 5.91 Å². The van der Waals surface area contributed by atoms with Crippen molar-refractivity contribution in [1.82, 2.24) is 0 Å². The minimum Gasteiger partial charge on any atom is -0.375 e. The highest BCUT2D eigenvalue weighted by Crippen LogP contribution is 2.42. The summed E-state index contributed by atoms with van der Waals surface area (Å²) in [5, 5.41) is 13.0. The third kappa shape index (κ3) is 2.34. The van der Waals surface area contributed by atoms with Gasteiger partial charge in [-0.05, 0) is 23.8 Å². The lowest BCUT2D eigenvalue weighted by atomic mass is 9.87. The molecule has 0 unspecified atom stereocenters. The predicted molar refractivity (Wildman–Crippen MR) is 101 cm³/mol. The number of hydrogen-bond donors (Lipinski definition) is 1. The number of ketones is 1. The van der Waals surface area contributed by atoms with Crippen LogP contribution in [-0.2, 0) is 10.4 Å². The van der Waals surface area contributed by atoms with Crippen molar-refractivity contribution in [3.05, 3.63) is 77.9 Å². The fourth-order valence-electron chi connectivity index (χ4n) is 3.79. The third-order valence-corrected chi connectivity index (χ3v) is 5.06. The first kappa shape index (κ1) is 16.5. The van der Waals surface area contributed by atoms with Gasteiger partial charge in [0.1, 0.15) is 0 Å². The van der Waals surface area contributed by atoms with Crippen LogP contribution in [0.1, 0.15) is 29.3 Å². The molecule has 1 atom stereocenters. The fourth-order valence-corrected chi connectivity index (χ4v) is 3.79. The highest BCUT2D eigenvalue weighted by molar-refractivity contribution is 6.13. The monoisotopic (exact) mass is 345 g/mol. The van der Waals surface area contributed by atoms with E-state index in [1.54, 1.807) is 24.3 Å². The van der Waals surface area contributed by atoms with Gasteiger partial charge in [0.15, 0.2) is 11.4 Å². The molecule has 130 valence electrons. The number of amides is 1. The van der Waals surface area contributed by atoms with Gasteiger partial charge in [0.05, 0.1) is 12.1 Å². The maximum absolute atomic E-state index is 13.0. The Kier molecular flexibility index (Phi) is 3.85. The SMILES string of the molecule is CCN1C(=O)[C@](O)(CC(=O)c2cccc3ccccc23)c2ccccc21. The van der Waals surface area contributed by atoms with Crippen molar-refractivity contribution in [3.63, 3.8) is 0 Å². The minimum atomic E-state index is -1.82. The first-order valence-electron chi connectivity index (χ1n) is 8.71. The minimum absolute atomic E-state index is 0.245. The quantitative estimate of drug-likeness (QED) is 0.734. The van der Waals surface area contributed by atoms with Crippen molar-refractivity contribution < 1.29 is 14.7 Å². The Morgan fingerprint density at radius 2 is 1.69 bits per heavy atom. The molecule has 0 spiro atoms. The normalized spacial score (nSPS) is 19.0. The average molecular weight is 345 g/mol. The largest absolute Gasteiger partial charge is 0.375 e. The van der Waals surface area contributed by atoms with E-state index in [2.05, 4.69) is 0 Å². The summed E-state index contributed by atoms with van der Waals surface area (Å²) in [6.07, 6.45) is -0.270. The van der Waals surface area contributed by atoms with Gasteiger partial charge in [-0.3, -0.25) is 9.59 Å². The maximum Gasteiger partial charge on any atom is 0.264 e. The molecular formula is C22H19NO3. The van der Waals surface area contributed by atoms with Crippen molar-refractivity contribution in [3.8, 4) is 0 Å². The zero-order valence-electron chi connectivity index (χ0n) is 14.5. The molecule has 0 bridgehead atoms. The molecule has 3 aromatic rings. The molecule has 26 heavy (non-hydrogen) atoms. The molecule has 1 aliphatic rings. The van der Waals surface area contributed by atoms with Crippen LogP contribution in [0.25, 0.3) is 10.8 Å². The summed E-state index contributed by atoms with van der Waals surface area (Å²) in [6, 6.07) is 20.3. The summed E-state index contributed by atoms with van der Waals surface area (Å²) in [5.74, 6) is -0.680. The maximum atomic E-state index is 13.0. The van der Waals surface area contributed by atoms with E-state index in [-0.39, 0.29) is 12.2 Å². The summed E-state index contributed by atoms with van der Waals surface area (Å²) >= 11 is 0. The van der Waals surface area contributed by atoms with Crippen molar-refractivity contribution in [2.75, 3.05) is 11.4 Å². The van der Waals surface area contributed by atoms with Gasteiger partial charge in [-0.25, -0.2) is 0 Å². The second-order valence-corrected chi connectivity index (χ2v) is 6.55. The van der Waals surface area contributed by atoms with Gasteiger partial charge in [0, 0.05) is 17.7 Å². The fraction of sp³-hybridized carbons (Fsp3) is 0.182. The second-order valence-electron chi connectivity index (χ2n) is 6.55. The molecule has 0 saturated heterocycles. The van der Waals surface area contributed by atoms with Crippen LogP contribution in [0.3, 0.4) is 0 Å². The van der Waals surface area contributed by atoms with Gasteiger partial charge in [-0.2, -0.15) is 0 Å². The number of Topliss-reactive ketones (excluding diaryl/α,β-unsaturated/α-hetero) is 1. The number of benzene rings is 3. The van der Waals surface area contributed by atoms with Crippen molar-refractivity contribution in [2.45, 2.75) is 18.9 Å². The van der Waals surface area contributed by atoms with E-state index in [1.165, 1.54) is 4.90 Å². The standard InChI is InChI=1S/C22H19NO3/c1-2-23-19-13-6-5-12-18(19)22(26,21(23)25)14-20(24)17-11-7-9-15-8-3-4-10-16(15)17/h3-13,26H,2,14H2,1H3/t22-/m0/s1. The number of para-hydroxylation sites is 1. The van der Waals surface area contributed by atoms with E-state index < -0.39 is 11.5 Å². The lowest BCUT2D eigenvalue weighted by Crippen LogP contribution is -2.41. The zero-order valence-corrected chi connectivity index (χ0v) is 14.5. The molecule has 3 aromatic carbocycles. The molecular weight excluding hydrogens is 326 g/mol. The number of hydrogen-bond acceptors (Lipinski definition) is 3. The van der Waals surface area contributed by atoms with Crippen LogP contribution in [0.5, 0.6) is 0 Å². The molecule has 1 heterocycles. The van der Waals surface area contributed by atoms with E-state index in [1.807, 2.05) is 49.4 Å². The molecule has 4 rings (SSSR count). The number of fused-ring (bicyclic) bond motifs is 2. The number of aliphatic hydroxyl groups is 1. The Labute approximate surface area is 151 Å². The van der Waals surface area contributed by atoms with Crippen molar-refractivity contribution >= 4 is 28.2 Å². The number of anilines is 1. The molecule has 1 N–H and O–H groups in total. The third-order valence-electron chi connectivity index (χ3n) is 5.06. The predicted octanol–water partition coefficient (Wildman–Crippen LogP) is 3.67. The van der Waals surface area contributed by atoms with Crippen molar-refractivity contribution in [1.29, 1.82) is 0 Å². The van der Waals surface area contributed by atoms with E-state index in [0.717, 1.165) is 10.8 Å². The van der Waals surface area contributed by atoms with Crippen LogP contribution in [0.2, 0.25) is 0 Å². The van der Waals surface area contributed by atoms with Crippen LogP contribution in [0, 0.1) is 0 Å². The summed E-state index contributed by atoms with van der Waals surface area (Å²) in [4.78, 5) is 27.4. The molecule has 1 aliphatic heterocycles. The van der Waals surface area contributed by atoms with Gasteiger partial charge in [-0.15, -0.1) is 0 Å². The molecule has 0 radical (unpaired) electrons. The molecule has 1 amide bonds. The van der Waals surface area contributed by atoms with Gasteiger partial charge < -0.3 is 10.0 Å². The van der Waals surface area contributed by atoms with Crippen LogP contribution >= 0.6 is 0 Å². The number of carbonyl (C=O) groups excluding carboxylic acids is 2. The number of likely N-dealkylation sites (N-methyl/N-ethyl adjacent to an activating group) is 1. The smallest absolute Gasteiger partial charge is 0.264 e. The Morgan fingerprint density at radius 1 is 1.00 bits per heavy atom. The first-order valence-corrected chi connectivity index (χ1v) is 8.71. The van der Waals surface area contributed by atoms with Crippen LogP contribution in [0.4, 0.5) is 5.69 Å². The molecule has 4 heteroatoms. The molecule has 0 aromatic heterocycles. The summed E-state index contributed by atoms with van der Waals surface area (Å²) in [6.45, 7) is 2.30. The highest BCUT2D eigenvalue weighted by atomic mass is 16.3. The Morgan fingerprint density at radius 3 is 2.50 bits per heavy atom. The zero-order chi connectivity index (χ0) is 18.3. The lowest BCUT2D eigenvalue weighted by molar-refractivity contribution is -0.135. The van der Waals surface area contributed by atoms with E-state index in [0.29, 0.717) is 23.4 Å². The Hall–Kier alpha value is -2.98. The lowest BCUT2D eigenvalue weighted by Gasteiger charge is -2.22. The molecule has 0 fully saturated rings. The number of rotatable bonds is 4. The van der Waals surface area contributed by atoms with Gasteiger partial charge in [0.2, 0.25) is 0 Å². The molecule has 0 saturated carbocycles. The molecule has 0 aliphatic carbocycles. The second kappa shape index (κ2) is 6.07. The van der Waals surface area contributed by atoms with E-state index >= 15 is 0 Å². The summed E-state index contributed by atoms with van der Waals surface area (Å²) in [5.41, 5.74) is -0.119. The topological polar surface area (TPSA) is 57.6 Å². The average Bonchev–Trinajstić information content (AvgIpc) is 2.88.